The summed E-state index contributed by atoms with van der Waals surface area (Å²) in [5.74, 6) is 1.59. The first kappa shape index (κ1) is 18.1. The Morgan fingerprint density at radius 1 is 1.24 bits per heavy atom. The number of aryl methyl sites for hydroxylation is 1. The maximum Gasteiger partial charge on any atom is 0.149 e. The molecule has 1 aliphatic rings. The van der Waals surface area contributed by atoms with Gasteiger partial charge in [-0.05, 0) is 51.3 Å². The van der Waals surface area contributed by atoms with E-state index >= 15 is 0 Å². The second-order valence-electron chi connectivity index (χ2n) is 7.87. The summed E-state index contributed by atoms with van der Waals surface area (Å²) in [6.07, 6.45) is 5.54. The van der Waals surface area contributed by atoms with Gasteiger partial charge >= 0.3 is 0 Å². The highest BCUT2D eigenvalue weighted by Crippen LogP contribution is 2.48. The summed E-state index contributed by atoms with van der Waals surface area (Å²) in [5.41, 5.74) is 11.1. The zero-order valence-electron chi connectivity index (χ0n) is 16.5. The van der Waals surface area contributed by atoms with Crippen LogP contribution in [0.25, 0.3) is 33.5 Å². The Labute approximate surface area is 172 Å². The number of rotatable bonds is 4. The summed E-state index contributed by atoms with van der Waals surface area (Å²) in [4.78, 5) is 8.85. The number of anilines is 1. The summed E-state index contributed by atoms with van der Waals surface area (Å²) in [5, 5.41) is 10.5. The third kappa shape index (κ3) is 2.88. The van der Waals surface area contributed by atoms with Gasteiger partial charge in [0.1, 0.15) is 23.0 Å². The molecule has 4 aromatic heterocycles. The van der Waals surface area contributed by atoms with E-state index in [9.17, 15) is 0 Å². The number of pyridine rings is 2. The molecule has 0 aliphatic heterocycles. The number of hydrogen-bond donors (Lipinski definition) is 1. The molecule has 5 rings (SSSR count). The Hall–Kier alpha value is -2.93. The lowest BCUT2D eigenvalue weighted by Gasteiger charge is -2.07. The highest BCUT2D eigenvalue weighted by atomic mass is 35.5. The average Bonchev–Trinajstić information content (AvgIpc) is 3.30. The second kappa shape index (κ2) is 6.56. The number of nitrogens with two attached hydrogens (primary N) is 1. The molecule has 0 bridgehead atoms. The number of fused-ring (bicyclic) bond motifs is 1. The molecule has 1 aliphatic carbocycles. The minimum Gasteiger partial charge on any atom is -0.383 e. The molecule has 1 fully saturated rings. The highest BCUT2D eigenvalue weighted by molar-refractivity contribution is 6.35. The van der Waals surface area contributed by atoms with Crippen molar-refractivity contribution in [3.8, 4) is 22.6 Å². The van der Waals surface area contributed by atoms with E-state index in [1.165, 1.54) is 0 Å². The first-order valence-electron chi connectivity index (χ1n) is 9.70. The highest BCUT2D eigenvalue weighted by Gasteiger charge is 2.35. The van der Waals surface area contributed by atoms with E-state index in [-0.39, 0.29) is 6.04 Å². The molecule has 4 heterocycles. The molecule has 29 heavy (non-hydrogen) atoms. The van der Waals surface area contributed by atoms with Gasteiger partial charge in [0.05, 0.1) is 33.4 Å². The van der Waals surface area contributed by atoms with Crippen molar-refractivity contribution in [2.75, 3.05) is 5.73 Å². The Morgan fingerprint density at radius 2 is 2.03 bits per heavy atom. The molecule has 8 heteroatoms. The van der Waals surface area contributed by atoms with E-state index < -0.39 is 0 Å². The normalized spacial score (nSPS) is 14.2. The summed E-state index contributed by atoms with van der Waals surface area (Å²) in [6.45, 7) is 6.13. The van der Waals surface area contributed by atoms with Crippen molar-refractivity contribution in [3.63, 3.8) is 0 Å². The molecule has 0 atom stereocenters. The number of nitrogen functional groups attached to an aromatic ring is 1. The largest absolute Gasteiger partial charge is 0.383 e. The number of nitrogens with zero attached hydrogens (tertiary/aromatic N) is 5. The molecule has 1 saturated carbocycles. The zero-order chi connectivity index (χ0) is 20.3. The maximum atomic E-state index is 6.49. The molecular weight excluding hydrogens is 388 g/mol. The minimum atomic E-state index is 0.0842. The van der Waals surface area contributed by atoms with Crippen molar-refractivity contribution in [2.45, 2.75) is 45.6 Å². The molecule has 0 saturated heterocycles. The second-order valence-corrected chi connectivity index (χ2v) is 8.27. The predicted octanol–water partition coefficient (Wildman–Crippen LogP) is 5.15. The molecule has 0 unspecified atom stereocenters. The average molecular weight is 409 g/mol. The van der Waals surface area contributed by atoms with Gasteiger partial charge in [-0.2, -0.15) is 5.10 Å². The van der Waals surface area contributed by atoms with Crippen LogP contribution in [0.15, 0.2) is 29.0 Å². The first-order valence-corrected chi connectivity index (χ1v) is 10.1. The molecule has 0 spiro atoms. The van der Waals surface area contributed by atoms with E-state index in [4.69, 9.17) is 27.0 Å². The zero-order valence-corrected chi connectivity index (χ0v) is 17.2. The van der Waals surface area contributed by atoms with Gasteiger partial charge in [-0.1, -0.05) is 16.8 Å². The van der Waals surface area contributed by atoms with Gasteiger partial charge < -0.3 is 10.3 Å². The summed E-state index contributed by atoms with van der Waals surface area (Å²) in [6, 6.07) is 4.09. The Balaban J connectivity index is 1.84. The first-order chi connectivity index (χ1) is 14.0. The molecule has 148 valence electrons. The lowest BCUT2D eigenvalue weighted by atomic mass is 10.0. The van der Waals surface area contributed by atoms with E-state index in [0.29, 0.717) is 33.5 Å². The SMILES string of the molecule is Cc1ccnc(-c2c(-c3nn(C(C)C)c4c(Cl)cnc(N)c34)noc2C2CC2)c1. The predicted molar refractivity (Wildman–Crippen MR) is 113 cm³/mol. The third-order valence-electron chi connectivity index (χ3n) is 5.26. The van der Waals surface area contributed by atoms with Crippen LogP contribution in [-0.4, -0.2) is 24.9 Å². The molecule has 7 nitrogen and oxygen atoms in total. The van der Waals surface area contributed by atoms with Crippen molar-refractivity contribution in [1.29, 1.82) is 0 Å². The van der Waals surface area contributed by atoms with Gasteiger partial charge in [0.25, 0.3) is 0 Å². The Morgan fingerprint density at radius 3 is 2.72 bits per heavy atom. The molecule has 0 amide bonds. The van der Waals surface area contributed by atoms with Crippen molar-refractivity contribution < 1.29 is 4.52 Å². The monoisotopic (exact) mass is 408 g/mol. The van der Waals surface area contributed by atoms with Crippen molar-refractivity contribution >= 4 is 28.3 Å². The molecule has 4 aromatic rings. The maximum absolute atomic E-state index is 6.49. The van der Waals surface area contributed by atoms with Gasteiger partial charge in [-0.3, -0.25) is 9.67 Å². The van der Waals surface area contributed by atoms with Crippen LogP contribution in [0, 0.1) is 6.92 Å². The van der Waals surface area contributed by atoms with Crippen LogP contribution in [0.1, 0.15) is 50.0 Å². The molecule has 0 aromatic carbocycles. The van der Waals surface area contributed by atoms with Crippen LogP contribution < -0.4 is 5.73 Å². The van der Waals surface area contributed by atoms with E-state index in [0.717, 1.165) is 40.9 Å². The lowest BCUT2D eigenvalue weighted by molar-refractivity contribution is 0.386. The molecule has 0 radical (unpaired) electrons. The van der Waals surface area contributed by atoms with Gasteiger partial charge in [0, 0.05) is 18.2 Å². The fourth-order valence-corrected chi connectivity index (χ4v) is 3.94. The number of halogens is 1. The van der Waals surface area contributed by atoms with Crippen molar-refractivity contribution in [1.82, 2.24) is 24.9 Å². The summed E-state index contributed by atoms with van der Waals surface area (Å²) < 4.78 is 7.69. The Kier molecular flexibility index (Phi) is 4.10. The van der Waals surface area contributed by atoms with Gasteiger partial charge in [0.2, 0.25) is 0 Å². The quantitative estimate of drug-likeness (QED) is 0.501. The van der Waals surface area contributed by atoms with Gasteiger partial charge in [-0.15, -0.1) is 0 Å². The Bertz CT molecular complexity index is 1240. The van der Waals surface area contributed by atoms with Crippen LogP contribution in [0.4, 0.5) is 5.82 Å². The van der Waals surface area contributed by atoms with Crippen LogP contribution >= 0.6 is 11.6 Å². The van der Waals surface area contributed by atoms with E-state index in [1.54, 1.807) is 12.4 Å². The summed E-state index contributed by atoms with van der Waals surface area (Å²) >= 11 is 6.49. The smallest absolute Gasteiger partial charge is 0.149 e. The molecule has 2 N–H and O–H groups in total. The fourth-order valence-electron chi connectivity index (χ4n) is 3.71. The van der Waals surface area contributed by atoms with Gasteiger partial charge in [-0.25, -0.2) is 4.98 Å². The summed E-state index contributed by atoms with van der Waals surface area (Å²) in [7, 11) is 0. The van der Waals surface area contributed by atoms with Crippen LogP contribution in [-0.2, 0) is 0 Å². The lowest BCUT2D eigenvalue weighted by Crippen LogP contribution is -2.03. The minimum absolute atomic E-state index is 0.0842. The third-order valence-corrected chi connectivity index (χ3v) is 5.54. The molecular formula is C21H21ClN6O. The van der Waals surface area contributed by atoms with E-state index in [2.05, 4.69) is 15.1 Å². The number of hydrogen-bond acceptors (Lipinski definition) is 6. The van der Waals surface area contributed by atoms with Crippen LogP contribution in [0.3, 0.4) is 0 Å². The van der Waals surface area contributed by atoms with Gasteiger partial charge in [0.15, 0.2) is 0 Å². The topological polar surface area (TPSA) is 95.7 Å². The van der Waals surface area contributed by atoms with E-state index in [1.807, 2.05) is 37.6 Å². The van der Waals surface area contributed by atoms with Crippen molar-refractivity contribution in [2.24, 2.45) is 0 Å². The fraction of sp³-hybridized carbons (Fsp3) is 0.333. The van der Waals surface area contributed by atoms with Crippen LogP contribution in [0.2, 0.25) is 5.02 Å². The number of aromatic nitrogens is 5. The van der Waals surface area contributed by atoms with Crippen molar-refractivity contribution in [3.05, 3.63) is 40.9 Å². The van der Waals surface area contributed by atoms with Crippen LogP contribution in [0.5, 0.6) is 0 Å². The standard InChI is InChI=1S/C21H21ClN6O/c1-10(2)28-19-13(22)9-25-21(23)16(19)17(26-28)18-15(14-8-11(3)6-7-24-14)20(29-27-18)12-4-5-12/h6-10,12H,4-5H2,1-3H3,(H2,23,25).